The Morgan fingerprint density at radius 2 is 1.24 bits per heavy atom. The molecule has 8 heteroatoms. The first kappa shape index (κ1) is 34.4. The minimum absolute atomic E-state index is 0.0391. The molecule has 0 amide bonds. The van der Waals surface area contributed by atoms with E-state index in [0.717, 1.165) is 45.6 Å². The second-order valence-electron chi connectivity index (χ2n) is 13.1. The monoisotopic (exact) mass is 648 g/mol. The molecule has 0 bridgehead atoms. The van der Waals surface area contributed by atoms with Gasteiger partial charge in [-0.15, -0.1) is 0 Å². The molecule has 45 heavy (non-hydrogen) atoms. The van der Waals surface area contributed by atoms with Crippen molar-refractivity contribution in [3.63, 3.8) is 0 Å². The summed E-state index contributed by atoms with van der Waals surface area (Å²) in [4.78, 5) is 5.26. The fraction of sp³-hybridized carbons (Fsp3) is 0.568. The Balaban J connectivity index is 1.30. The second-order valence-corrected chi connectivity index (χ2v) is 15.1. The van der Waals surface area contributed by atoms with E-state index in [-0.39, 0.29) is 24.7 Å². The molecule has 5 rings (SSSR count). The molecule has 1 aliphatic carbocycles. The SMILES string of the molecule is C[C@@H]1CCC(N2CC(COCCC[SiH3])OC2/C=C/c2ccccc2)CC1N1CC(COCCC[SiH3])OC1/C=C/c1ccccc1. The van der Waals surface area contributed by atoms with Crippen LogP contribution in [0.25, 0.3) is 12.2 Å². The van der Waals surface area contributed by atoms with Crippen LogP contribution in [0.2, 0.25) is 12.1 Å². The lowest BCUT2D eigenvalue weighted by Crippen LogP contribution is -2.52. The Hall–Kier alpha value is -1.89. The number of nitrogens with zero attached hydrogens (tertiary/aromatic N) is 2. The van der Waals surface area contributed by atoms with Gasteiger partial charge in [0.25, 0.3) is 0 Å². The highest BCUT2D eigenvalue weighted by atomic mass is 28.1. The van der Waals surface area contributed by atoms with Crippen molar-refractivity contribution in [3.05, 3.63) is 83.9 Å². The molecule has 6 nitrogen and oxygen atoms in total. The van der Waals surface area contributed by atoms with Crippen LogP contribution < -0.4 is 0 Å². The summed E-state index contributed by atoms with van der Waals surface area (Å²) in [5.74, 6) is 0.598. The van der Waals surface area contributed by atoms with Crippen molar-refractivity contribution in [2.75, 3.05) is 39.5 Å². The van der Waals surface area contributed by atoms with Crippen molar-refractivity contribution < 1.29 is 18.9 Å². The molecule has 2 aromatic carbocycles. The van der Waals surface area contributed by atoms with Gasteiger partial charge < -0.3 is 18.9 Å². The van der Waals surface area contributed by atoms with Gasteiger partial charge in [-0.25, -0.2) is 0 Å². The Bertz CT molecular complexity index is 1170. The van der Waals surface area contributed by atoms with Crippen LogP contribution in [0.4, 0.5) is 0 Å². The Morgan fingerprint density at radius 1 is 0.733 bits per heavy atom. The summed E-state index contributed by atoms with van der Waals surface area (Å²) in [5, 5.41) is 0. The lowest BCUT2D eigenvalue weighted by Gasteiger charge is -2.44. The van der Waals surface area contributed by atoms with Gasteiger partial charge in [-0.2, -0.15) is 0 Å². The van der Waals surface area contributed by atoms with Gasteiger partial charge in [0.15, 0.2) is 0 Å². The van der Waals surface area contributed by atoms with Gasteiger partial charge in [0, 0.05) is 58.9 Å². The molecular formula is C37H56N2O4Si2. The first-order chi connectivity index (χ1) is 22.1. The number of hydrogen-bond acceptors (Lipinski definition) is 6. The molecule has 7 atom stereocenters. The van der Waals surface area contributed by atoms with Crippen LogP contribution in [0.5, 0.6) is 0 Å². The summed E-state index contributed by atoms with van der Waals surface area (Å²) in [5.41, 5.74) is 2.42. The number of ether oxygens (including phenoxy) is 4. The highest BCUT2D eigenvalue weighted by Gasteiger charge is 2.44. The smallest absolute Gasteiger partial charge is 0.131 e. The molecule has 2 saturated heterocycles. The molecule has 1 saturated carbocycles. The molecule has 2 heterocycles. The topological polar surface area (TPSA) is 43.4 Å². The van der Waals surface area contributed by atoms with Gasteiger partial charge in [0.2, 0.25) is 0 Å². The van der Waals surface area contributed by atoms with Crippen molar-refractivity contribution in [1.82, 2.24) is 9.80 Å². The molecule has 6 unspecified atom stereocenters. The highest BCUT2D eigenvalue weighted by molar-refractivity contribution is 6.08. The number of benzene rings is 2. The minimum atomic E-state index is -0.0463. The third-order valence-electron chi connectivity index (χ3n) is 9.56. The molecule has 0 aromatic heterocycles. The molecule has 0 spiro atoms. The minimum Gasteiger partial charge on any atom is -0.379 e. The predicted molar refractivity (Wildman–Crippen MR) is 193 cm³/mol. The molecular weight excluding hydrogens is 593 g/mol. The first-order valence-electron chi connectivity index (χ1n) is 17.6. The van der Waals surface area contributed by atoms with E-state index in [1.807, 2.05) is 0 Å². The van der Waals surface area contributed by atoms with Gasteiger partial charge in [-0.05, 0) is 61.3 Å². The summed E-state index contributed by atoms with van der Waals surface area (Å²) >= 11 is 0. The van der Waals surface area contributed by atoms with Crippen molar-refractivity contribution in [3.8, 4) is 0 Å². The summed E-state index contributed by atoms with van der Waals surface area (Å²) in [7, 11) is 2.48. The maximum Gasteiger partial charge on any atom is 0.131 e. The normalized spacial score (nSPS) is 29.9. The second kappa shape index (κ2) is 18.5. The zero-order valence-corrected chi connectivity index (χ0v) is 31.8. The summed E-state index contributed by atoms with van der Waals surface area (Å²) in [6.07, 6.45) is 14.9. The van der Waals surface area contributed by atoms with Crippen LogP contribution in [-0.2, 0) is 18.9 Å². The van der Waals surface area contributed by atoms with E-state index in [0.29, 0.717) is 31.2 Å². The largest absolute Gasteiger partial charge is 0.379 e. The van der Waals surface area contributed by atoms with Crippen molar-refractivity contribution >= 4 is 32.6 Å². The third kappa shape index (κ3) is 10.3. The third-order valence-corrected chi connectivity index (χ3v) is 11.0. The van der Waals surface area contributed by atoms with E-state index in [9.17, 15) is 0 Å². The van der Waals surface area contributed by atoms with Gasteiger partial charge in [0.1, 0.15) is 12.5 Å². The highest BCUT2D eigenvalue weighted by Crippen LogP contribution is 2.37. The average Bonchev–Trinajstić information content (AvgIpc) is 3.68. The van der Waals surface area contributed by atoms with E-state index in [1.165, 1.54) is 56.5 Å². The Morgan fingerprint density at radius 3 is 1.78 bits per heavy atom. The van der Waals surface area contributed by atoms with Gasteiger partial charge >= 0.3 is 0 Å². The maximum absolute atomic E-state index is 6.69. The van der Waals surface area contributed by atoms with Gasteiger partial charge in [-0.1, -0.05) is 91.8 Å². The maximum atomic E-state index is 6.69. The Labute approximate surface area is 278 Å². The summed E-state index contributed by atoms with van der Waals surface area (Å²) < 4.78 is 25.5. The zero-order valence-electron chi connectivity index (χ0n) is 27.8. The van der Waals surface area contributed by atoms with E-state index >= 15 is 0 Å². The van der Waals surface area contributed by atoms with Crippen LogP contribution in [0.1, 0.15) is 50.2 Å². The van der Waals surface area contributed by atoms with Crippen LogP contribution in [0.15, 0.2) is 72.8 Å². The molecule has 2 aliphatic heterocycles. The Kier molecular flexibility index (Phi) is 14.1. The first-order valence-corrected chi connectivity index (χ1v) is 20.4. The molecule has 246 valence electrons. The molecule has 0 N–H and O–H groups in total. The molecule has 3 fully saturated rings. The number of rotatable bonds is 16. The lowest BCUT2D eigenvalue weighted by atomic mass is 9.81. The standard InChI is InChI=1S/C37H56N2O4Si2/c1-29-14-17-32(38-25-33(27-40-20-8-22-44)42-36(38)18-15-30-10-4-2-5-11-30)24-35(29)39-26-34(28-41-21-9-23-45)43-37(39)19-16-31-12-6-3-7-13-31/h2-7,10-13,15-16,18-19,29,32-37H,8-9,14,17,20-28H2,1,44-45H3/b18-15+,19-16+/t29-,32?,33?,34?,35?,36?,37?/m1/s1. The van der Waals surface area contributed by atoms with E-state index < -0.39 is 0 Å². The fourth-order valence-electron chi connectivity index (χ4n) is 6.97. The summed E-state index contributed by atoms with van der Waals surface area (Å²) in [6.45, 7) is 7.30. The lowest BCUT2D eigenvalue weighted by molar-refractivity contribution is -0.0401. The average molecular weight is 649 g/mol. The van der Waals surface area contributed by atoms with Crippen molar-refractivity contribution in [1.29, 1.82) is 0 Å². The predicted octanol–water partition coefficient (Wildman–Crippen LogP) is 4.41. The fourth-order valence-corrected chi connectivity index (χ4v) is 7.55. The van der Waals surface area contributed by atoms with E-state index in [2.05, 4.69) is 102 Å². The van der Waals surface area contributed by atoms with Crippen LogP contribution in [0.3, 0.4) is 0 Å². The molecule has 0 radical (unpaired) electrons. The van der Waals surface area contributed by atoms with Crippen LogP contribution in [0, 0.1) is 5.92 Å². The van der Waals surface area contributed by atoms with Crippen LogP contribution >= 0.6 is 0 Å². The van der Waals surface area contributed by atoms with Crippen LogP contribution in [-0.4, -0.2) is 107 Å². The molecule has 2 aromatic rings. The van der Waals surface area contributed by atoms with E-state index in [1.54, 1.807) is 0 Å². The van der Waals surface area contributed by atoms with Crippen molar-refractivity contribution in [2.45, 2.75) is 87.9 Å². The zero-order chi connectivity index (χ0) is 31.3. The van der Waals surface area contributed by atoms with E-state index in [4.69, 9.17) is 18.9 Å². The quantitative estimate of drug-likeness (QED) is 0.199. The van der Waals surface area contributed by atoms with Crippen molar-refractivity contribution in [2.24, 2.45) is 5.92 Å². The van der Waals surface area contributed by atoms with Gasteiger partial charge in [-0.3, -0.25) is 9.80 Å². The number of hydrogen-bond donors (Lipinski definition) is 0. The van der Waals surface area contributed by atoms with Gasteiger partial charge in [0.05, 0.1) is 25.4 Å². The summed E-state index contributed by atoms with van der Waals surface area (Å²) in [6, 6.07) is 24.6. The molecule has 3 aliphatic rings.